The minimum Gasteiger partial charge on any atom is -0.495 e. The van der Waals surface area contributed by atoms with Crippen molar-refractivity contribution in [2.75, 3.05) is 38.2 Å². The van der Waals surface area contributed by atoms with E-state index in [1.165, 1.54) is 11.4 Å². The van der Waals surface area contributed by atoms with E-state index in [2.05, 4.69) is 10.1 Å². The number of aryl methyl sites for hydroxylation is 2. The van der Waals surface area contributed by atoms with E-state index in [9.17, 15) is 8.42 Å². The van der Waals surface area contributed by atoms with E-state index in [0.717, 1.165) is 22.5 Å². The highest BCUT2D eigenvalue weighted by Gasteiger charge is 2.31. The molecule has 2 aromatic carbocycles. The molecule has 2 heterocycles. The van der Waals surface area contributed by atoms with E-state index in [0.29, 0.717) is 37.7 Å². The molecule has 0 saturated carbocycles. The number of piperazine rings is 1. The van der Waals surface area contributed by atoms with Crippen molar-refractivity contribution in [3.8, 4) is 16.9 Å². The number of para-hydroxylation sites is 1. The van der Waals surface area contributed by atoms with Gasteiger partial charge in [-0.25, -0.2) is 8.42 Å². The lowest BCUT2D eigenvalue weighted by Crippen LogP contribution is -2.48. The lowest BCUT2D eigenvalue weighted by molar-refractivity contribution is 0.374. The summed E-state index contributed by atoms with van der Waals surface area (Å²) < 4.78 is 39.2. The van der Waals surface area contributed by atoms with Gasteiger partial charge in [0.25, 0.3) is 0 Å². The number of hydrogen-bond donors (Lipinski definition) is 0. The fourth-order valence-corrected chi connectivity index (χ4v) is 5.50. The third-order valence-corrected chi connectivity index (χ3v) is 7.38. The number of anilines is 1. The van der Waals surface area contributed by atoms with Gasteiger partial charge in [0.1, 0.15) is 16.4 Å². The van der Waals surface area contributed by atoms with Gasteiger partial charge < -0.3 is 14.2 Å². The van der Waals surface area contributed by atoms with Crippen LogP contribution in [0.25, 0.3) is 11.1 Å². The molecule has 0 amide bonds. The van der Waals surface area contributed by atoms with Crippen molar-refractivity contribution in [3.05, 3.63) is 60.0 Å². The normalized spacial score (nSPS) is 15.4. The van der Waals surface area contributed by atoms with Crippen LogP contribution in [-0.4, -0.2) is 51.2 Å². The van der Waals surface area contributed by atoms with E-state index in [1.54, 1.807) is 12.1 Å². The lowest BCUT2D eigenvalue weighted by Gasteiger charge is -2.35. The second kappa shape index (κ2) is 8.12. The smallest absolute Gasteiger partial charge is 0.246 e. The first kappa shape index (κ1) is 20.4. The van der Waals surface area contributed by atoms with Gasteiger partial charge in [0.15, 0.2) is 0 Å². The summed E-state index contributed by atoms with van der Waals surface area (Å²) in [5.41, 5.74) is 3.38. The SMILES string of the molecule is COc1ccc(-c2c(C)noc2C)cc1S(=O)(=O)N1CCN(c2ccccc2)CC1. The van der Waals surface area contributed by atoms with Crippen LogP contribution < -0.4 is 9.64 Å². The highest BCUT2D eigenvalue weighted by molar-refractivity contribution is 7.89. The Morgan fingerprint density at radius 2 is 1.70 bits per heavy atom. The molecule has 0 atom stereocenters. The molecule has 0 N–H and O–H groups in total. The molecule has 158 valence electrons. The van der Waals surface area contributed by atoms with E-state index in [-0.39, 0.29) is 4.90 Å². The summed E-state index contributed by atoms with van der Waals surface area (Å²) in [7, 11) is -2.24. The quantitative estimate of drug-likeness (QED) is 0.621. The third kappa shape index (κ3) is 3.68. The first-order chi connectivity index (χ1) is 14.4. The van der Waals surface area contributed by atoms with Crippen LogP contribution >= 0.6 is 0 Å². The van der Waals surface area contributed by atoms with Crippen molar-refractivity contribution in [2.45, 2.75) is 18.7 Å². The molecule has 0 unspecified atom stereocenters. The number of methoxy groups -OCH3 is 1. The fraction of sp³-hybridized carbons (Fsp3) is 0.318. The molecule has 1 aromatic heterocycles. The summed E-state index contributed by atoms with van der Waals surface area (Å²) in [6.07, 6.45) is 0. The zero-order chi connectivity index (χ0) is 21.3. The van der Waals surface area contributed by atoms with Crippen LogP contribution in [0.1, 0.15) is 11.5 Å². The van der Waals surface area contributed by atoms with Crippen LogP contribution in [0.3, 0.4) is 0 Å². The number of aromatic nitrogens is 1. The zero-order valence-corrected chi connectivity index (χ0v) is 18.1. The minimum absolute atomic E-state index is 0.163. The minimum atomic E-state index is -3.72. The average Bonchev–Trinajstić information content (AvgIpc) is 3.12. The van der Waals surface area contributed by atoms with Gasteiger partial charge >= 0.3 is 0 Å². The monoisotopic (exact) mass is 427 g/mol. The number of hydrogen-bond acceptors (Lipinski definition) is 6. The number of benzene rings is 2. The predicted molar refractivity (Wildman–Crippen MR) is 115 cm³/mol. The Bertz CT molecular complexity index is 1110. The van der Waals surface area contributed by atoms with Crippen molar-refractivity contribution >= 4 is 15.7 Å². The topological polar surface area (TPSA) is 75.9 Å². The number of sulfonamides is 1. The van der Waals surface area contributed by atoms with E-state index in [4.69, 9.17) is 9.26 Å². The first-order valence-electron chi connectivity index (χ1n) is 9.83. The molecule has 0 aliphatic carbocycles. The van der Waals surface area contributed by atoms with Gasteiger partial charge in [-0.05, 0) is 43.7 Å². The number of rotatable bonds is 5. The molecule has 1 fully saturated rings. The Balaban J connectivity index is 1.63. The van der Waals surface area contributed by atoms with Crippen LogP contribution in [0.4, 0.5) is 5.69 Å². The van der Waals surface area contributed by atoms with Crippen molar-refractivity contribution in [3.63, 3.8) is 0 Å². The second-order valence-electron chi connectivity index (χ2n) is 7.29. The van der Waals surface area contributed by atoms with Crippen molar-refractivity contribution in [2.24, 2.45) is 0 Å². The average molecular weight is 428 g/mol. The van der Waals surface area contributed by atoms with E-state index < -0.39 is 10.0 Å². The van der Waals surface area contributed by atoms with Gasteiger partial charge in [-0.1, -0.05) is 29.4 Å². The second-order valence-corrected chi connectivity index (χ2v) is 9.20. The Morgan fingerprint density at radius 3 is 2.30 bits per heavy atom. The molecule has 0 radical (unpaired) electrons. The van der Waals surface area contributed by atoms with Gasteiger partial charge in [-0.15, -0.1) is 0 Å². The van der Waals surface area contributed by atoms with Gasteiger partial charge in [-0.2, -0.15) is 4.31 Å². The number of nitrogens with zero attached hydrogens (tertiary/aromatic N) is 3. The maximum Gasteiger partial charge on any atom is 0.246 e. The molecule has 0 bridgehead atoms. The summed E-state index contributed by atoms with van der Waals surface area (Å²) in [6, 6.07) is 15.2. The summed E-state index contributed by atoms with van der Waals surface area (Å²) in [5, 5.41) is 3.98. The Morgan fingerprint density at radius 1 is 1.00 bits per heavy atom. The molecule has 7 nitrogen and oxygen atoms in total. The van der Waals surface area contributed by atoms with Crippen LogP contribution in [0.2, 0.25) is 0 Å². The molecule has 1 aliphatic heterocycles. The van der Waals surface area contributed by atoms with Gasteiger partial charge in [-0.3, -0.25) is 0 Å². The fourth-order valence-electron chi connectivity index (χ4n) is 3.89. The highest BCUT2D eigenvalue weighted by Crippen LogP contribution is 2.35. The van der Waals surface area contributed by atoms with E-state index in [1.807, 2.05) is 50.2 Å². The molecule has 8 heteroatoms. The van der Waals surface area contributed by atoms with Crippen molar-refractivity contribution < 1.29 is 17.7 Å². The number of ether oxygens (including phenoxy) is 1. The molecule has 3 aromatic rings. The molecular formula is C22H25N3O4S. The molecule has 30 heavy (non-hydrogen) atoms. The summed E-state index contributed by atoms with van der Waals surface area (Å²) in [5.74, 6) is 0.980. The van der Waals surface area contributed by atoms with Crippen LogP contribution in [0.15, 0.2) is 57.9 Å². The molecule has 1 saturated heterocycles. The largest absolute Gasteiger partial charge is 0.495 e. The zero-order valence-electron chi connectivity index (χ0n) is 17.3. The van der Waals surface area contributed by atoms with Crippen molar-refractivity contribution in [1.82, 2.24) is 9.46 Å². The molecular weight excluding hydrogens is 402 g/mol. The Labute approximate surface area is 176 Å². The maximum atomic E-state index is 13.5. The van der Waals surface area contributed by atoms with Gasteiger partial charge in [0.05, 0.1) is 12.8 Å². The third-order valence-electron chi connectivity index (χ3n) is 5.46. The van der Waals surface area contributed by atoms with Crippen molar-refractivity contribution in [1.29, 1.82) is 0 Å². The molecule has 0 spiro atoms. The van der Waals surface area contributed by atoms with Crippen LogP contribution in [-0.2, 0) is 10.0 Å². The maximum absolute atomic E-state index is 13.5. The van der Waals surface area contributed by atoms with Crippen LogP contribution in [0, 0.1) is 13.8 Å². The Kier molecular flexibility index (Phi) is 5.53. The molecule has 4 rings (SSSR count). The van der Waals surface area contributed by atoms with Crippen LogP contribution in [0.5, 0.6) is 5.75 Å². The summed E-state index contributed by atoms with van der Waals surface area (Å²) in [6.45, 7) is 5.75. The Hall–Kier alpha value is -2.84. The summed E-state index contributed by atoms with van der Waals surface area (Å²) in [4.78, 5) is 2.36. The van der Waals surface area contributed by atoms with E-state index >= 15 is 0 Å². The van der Waals surface area contributed by atoms with Gasteiger partial charge in [0, 0.05) is 37.4 Å². The molecule has 1 aliphatic rings. The standard InChI is InChI=1S/C22H25N3O4S/c1-16-22(17(2)29-23-16)18-9-10-20(28-3)21(15-18)30(26,27)25-13-11-24(12-14-25)19-7-5-4-6-8-19/h4-10,15H,11-14H2,1-3H3. The predicted octanol–water partition coefficient (Wildman–Crippen LogP) is 3.48. The highest BCUT2D eigenvalue weighted by atomic mass is 32.2. The van der Waals surface area contributed by atoms with Gasteiger partial charge in [0.2, 0.25) is 10.0 Å². The first-order valence-corrected chi connectivity index (χ1v) is 11.3. The lowest BCUT2D eigenvalue weighted by atomic mass is 10.0. The summed E-state index contributed by atoms with van der Waals surface area (Å²) >= 11 is 0.